The molecule has 0 saturated heterocycles. The third-order valence-corrected chi connectivity index (χ3v) is 2.09. The van der Waals surface area contributed by atoms with Gasteiger partial charge in [-0.15, -0.1) is 12.4 Å². The van der Waals surface area contributed by atoms with Gasteiger partial charge >= 0.3 is 0 Å². The zero-order valence-corrected chi connectivity index (χ0v) is 8.98. The van der Waals surface area contributed by atoms with Gasteiger partial charge in [-0.25, -0.2) is 0 Å². The van der Waals surface area contributed by atoms with Gasteiger partial charge in [0.05, 0.1) is 6.20 Å². The predicted molar refractivity (Wildman–Crippen MR) is 60.1 cm³/mol. The first kappa shape index (κ1) is 11.1. The Bertz CT molecular complexity index is 385. The topological polar surface area (TPSA) is 28.7 Å². The molecule has 0 atom stereocenters. The first-order valence-electron chi connectivity index (χ1n) is 4.07. The Balaban J connectivity index is 0.000000980. The molecule has 0 aliphatic rings. The van der Waals surface area contributed by atoms with E-state index in [2.05, 4.69) is 16.3 Å². The smallest absolute Gasteiger partial charge is 0.0522 e. The summed E-state index contributed by atoms with van der Waals surface area (Å²) in [4.78, 5) is 0. The van der Waals surface area contributed by atoms with Gasteiger partial charge in [0, 0.05) is 17.6 Å². The maximum atomic E-state index is 5.86. The molecule has 0 bridgehead atoms. The number of rotatable bonds is 2. The van der Waals surface area contributed by atoms with Crippen molar-refractivity contribution in [3.05, 3.63) is 52.8 Å². The van der Waals surface area contributed by atoms with Crippen LogP contribution >= 0.6 is 24.0 Å². The van der Waals surface area contributed by atoms with Gasteiger partial charge in [-0.1, -0.05) is 23.7 Å². The summed E-state index contributed by atoms with van der Waals surface area (Å²) in [7, 11) is 0. The Hall–Kier alpha value is -0.990. The van der Waals surface area contributed by atoms with E-state index in [1.807, 2.05) is 30.6 Å². The van der Waals surface area contributed by atoms with Crippen molar-refractivity contribution in [2.24, 2.45) is 0 Å². The molecule has 1 aromatic heterocycles. The van der Waals surface area contributed by atoms with Gasteiger partial charge in [-0.2, -0.15) is 5.10 Å². The van der Waals surface area contributed by atoms with Gasteiger partial charge in [-0.05, 0) is 23.3 Å². The zero-order chi connectivity index (χ0) is 9.10. The van der Waals surface area contributed by atoms with Crippen LogP contribution in [0, 0.1) is 0 Å². The molecule has 74 valence electrons. The van der Waals surface area contributed by atoms with E-state index in [0.29, 0.717) is 0 Å². The van der Waals surface area contributed by atoms with Crippen molar-refractivity contribution in [1.29, 1.82) is 0 Å². The van der Waals surface area contributed by atoms with Gasteiger partial charge in [-0.3, -0.25) is 5.10 Å². The number of aromatic nitrogens is 2. The van der Waals surface area contributed by atoms with Crippen LogP contribution in [0.3, 0.4) is 0 Å². The molecule has 14 heavy (non-hydrogen) atoms. The largest absolute Gasteiger partial charge is 0.285 e. The molecular formula is C10H10Cl2N2. The monoisotopic (exact) mass is 228 g/mol. The zero-order valence-electron chi connectivity index (χ0n) is 7.40. The van der Waals surface area contributed by atoms with Crippen LogP contribution in [-0.4, -0.2) is 10.2 Å². The Kier molecular flexibility index (Phi) is 3.98. The van der Waals surface area contributed by atoms with Crippen LogP contribution in [0.25, 0.3) is 0 Å². The second-order valence-electron chi connectivity index (χ2n) is 2.91. The van der Waals surface area contributed by atoms with E-state index in [9.17, 15) is 0 Å². The summed E-state index contributed by atoms with van der Waals surface area (Å²) in [5.41, 5.74) is 2.37. The molecule has 2 rings (SSSR count). The molecule has 4 heteroatoms. The van der Waals surface area contributed by atoms with Crippen LogP contribution in [0.15, 0.2) is 36.7 Å². The lowest BCUT2D eigenvalue weighted by atomic mass is 10.1. The quantitative estimate of drug-likeness (QED) is 0.842. The third-order valence-electron chi connectivity index (χ3n) is 1.85. The minimum Gasteiger partial charge on any atom is -0.285 e. The van der Waals surface area contributed by atoms with Gasteiger partial charge in [0.1, 0.15) is 0 Å². The molecule has 0 amide bonds. The molecule has 2 aromatic rings. The van der Waals surface area contributed by atoms with Gasteiger partial charge in [0.2, 0.25) is 0 Å². The number of hydrogen-bond acceptors (Lipinski definition) is 1. The van der Waals surface area contributed by atoms with E-state index in [-0.39, 0.29) is 12.4 Å². The SMILES string of the molecule is Cl.Clc1cccc(Cc2cn[nH]c2)c1. The highest BCUT2D eigenvalue weighted by Crippen LogP contribution is 2.13. The maximum absolute atomic E-state index is 5.86. The molecule has 0 saturated carbocycles. The first-order chi connectivity index (χ1) is 6.34. The highest BCUT2D eigenvalue weighted by Gasteiger charge is 1.97. The second kappa shape index (κ2) is 5.03. The first-order valence-corrected chi connectivity index (χ1v) is 4.44. The van der Waals surface area contributed by atoms with Crippen molar-refractivity contribution in [3.63, 3.8) is 0 Å². The van der Waals surface area contributed by atoms with E-state index in [4.69, 9.17) is 11.6 Å². The van der Waals surface area contributed by atoms with E-state index >= 15 is 0 Å². The average Bonchev–Trinajstić information content (AvgIpc) is 2.57. The number of hydrogen-bond donors (Lipinski definition) is 1. The van der Waals surface area contributed by atoms with Crippen molar-refractivity contribution < 1.29 is 0 Å². The maximum Gasteiger partial charge on any atom is 0.0522 e. The summed E-state index contributed by atoms with van der Waals surface area (Å²) in [5, 5.41) is 7.44. The molecule has 0 aliphatic carbocycles. The standard InChI is InChI=1S/C10H9ClN2.ClH/c11-10-3-1-2-8(5-10)4-9-6-12-13-7-9;/h1-3,5-7H,4H2,(H,12,13);1H. The van der Waals surface area contributed by atoms with Crippen molar-refractivity contribution in [2.75, 3.05) is 0 Å². The van der Waals surface area contributed by atoms with Gasteiger partial charge in [0.15, 0.2) is 0 Å². The normalized spacial score (nSPS) is 9.50. The lowest BCUT2D eigenvalue weighted by molar-refractivity contribution is 1.09. The molecule has 0 unspecified atom stereocenters. The Morgan fingerprint density at radius 2 is 2.14 bits per heavy atom. The summed E-state index contributed by atoms with van der Waals surface area (Å²) in [6.07, 6.45) is 4.58. The van der Waals surface area contributed by atoms with Crippen LogP contribution in [0.4, 0.5) is 0 Å². The van der Waals surface area contributed by atoms with Crippen LogP contribution in [0.5, 0.6) is 0 Å². The van der Waals surface area contributed by atoms with Crippen molar-refractivity contribution in [1.82, 2.24) is 10.2 Å². The molecular weight excluding hydrogens is 219 g/mol. The lowest BCUT2D eigenvalue weighted by Gasteiger charge is -1.98. The van der Waals surface area contributed by atoms with E-state index in [0.717, 1.165) is 11.4 Å². The highest BCUT2D eigenvalue weighted by atomic mass is 35.5. The van der Waals surface area contributed by atoms with E-state index in [1.165, 1.54) is 11.1 Å². The second-order valence-corrected chi connectivity index (χ2v) is 3.35. The average molecular weight is 229 g/mol. The fourth-order valence-electron chi connectivity index (χ4n) is 1.26. The fourth-order valence-corrected chi connectivity index (χ4v) is 1.47. The lowest BCUT2D eigenvalue weighted by Crippen LogP contribution is -1.84. The highest BCUT2D eigenvalue weighted by molar-refractivity contribution is 6.30. The summed E-state index contributed by atoms with van der Waals surface area (Å²) in [6.45, 7) is 0. The number of nitrogens with zero attached hydrogens (tertiary/aromatic N) is 1. The predicted octanol–water partition coefficient (Wildman–Crippen LogP) is 3.08. The van der Waals surface area contributed by atoms with Crippen molar-refractivity contribution >= 4 is 24.0 Å². The minimum atomic E-state index is 0. The van der Waals surface area contributed by atoms with Crippen LogP contribution in [0.1, 0.15) is 11.1 Å². The number of aromatic amines is 1. The summed E-state index contributed by atoms with van der Waals surface area (Å²) in [5.74, 6) is 0. The van der Waals surface area contributed by atoms with E-state index < -0.39 is 0 Å². The molecule has 0 aliphatic heterocycles. The summed E-state index contributed by atoms with van der Waals surface area (Å²) >= 11 is 5.86. The third kappa shape index (κ3) is 2.76. The molecule has 0 fully saturated rings. The van der Waals surface area contributed by atoms with Gasteiger partial charge < -0.3 is 0 Å². The van der Waals surface area contributed by atoms with Crippen molar-refractivity contribution in [3.8, 4) is 0 Å². The van der Waals surface area contributed by atoms with Crippen molar-refractivity contribution in [2.45, 2.75) is 6.42 Å². The van der Waals surface area contributed by atoms with Gasteiger partial charge in [0.25, 0.3) is 0 Å². The van der Waals surface area contributed by atoms with Crippen LogP contribution < -0.4 is 0 Å². The number of halogens is 2. The van der Waals surface area contributed by atoms with Crippen LogP contribution in [0.2, 0.25) is 5.02 Å². The molecule has 0 radical (unpaired) electrons. The molecule has 1 aromatic carbocycles. The van der Waals surface area contributed by atoms with Crippen LogP contribution in [-0.2, 0) is 6.42 Å². The summed E-state index contributed by atoms with van der Waals surface area (Å²) in [6, 6.07) is 7.85. The molecule has 2 nitrogen and oxygen atoms in total. The van der Waals surface area contributed by atoms with E-state index in [1.54, 1.807) is 0 Å². The fraction of sp³-hybridized carbons (Fsp3) is 0.100. The number of H-pyrrole nitrogens is 1. The Labute approximate surface area is 93.7 Å². The molecule has 1 heterocycles. The Morgan fingerprint density at radius 1 is 1.29 bits per heavy atom. The minimum absolute atomic E-state index is 0. The summed E-state index contributed by atoms with van der Waals surface area (Å²) < 4.78 is 0. The number of nitrogens with one attached hydrogen (secondary N) is 1. The Morgan fingerprint density at radius 3 is 2.79 bits per heavy atom. The molecule has 0 spiro atoms. The molecule has 1 N–H and O–H groups in total. The number of benzene rings is 1.